The highest BCUT2D eigenvalue weighted by molar-refractivity contribution is 7.22. The quantitative estimate of drug-likeness (QED) is 0.469. The monoisotopic (exact) mass is 398 g/mol. The third kappa shape index (κ3) is 4.13. The zero-order valence-corrected chi connectivity index (χ0v) is 15.9. The Balaban J connectivity index is 1.40. The first-order valence-electron chi connectivity index (χ1n) is 8.22. The Morgan fingerprint density at radius 3 is 2.81 bits per heavy atom. The van der Waals surface area contributed by atoms with Crippen molar-refractivity contribution in [1.82, 2.24) is 4.98 Å². The fourth-order valence-electron chi connectivity index (χ4n) is 2.51. The molecule has 5 nitrogen and oxygen atoms in total. The fraction of sp³-hybridized carbons (Fsp3) is 0.100. The third-order valence-corrected chi connectivity index (χ3v) is 5.03. The second-order valence-corrected chi connectivity index (χ2v) is 7.42. The number of aromatic nitrogens is 1. The van der Waals surface area contributed by atoms with Gasteiger partial charge < -0.3 is 9.15 Å². The highest BCUT2D eigenvalue weighted by Crippen LogP contribution is 2.27. The first-order chi connectivity index (χ1) is 13.1. The molecule has 4 rings (SSSR count). The largest absolute Gasteiger partial charge is 0.486 e. The van der Waals surface area contributed by atoms with E-state index in [1.807, 2.05) is 25.1 Å². The van der Waals surface area contributed by atoms with E-state index in [1.54, 1.807) is 36.4 Å². The van der Waals surface area contributed by atoms with Crippen molar-refractivity contribution in [3.05, 3.63) is 76.7 Å². The average molecular weight is 399 g/mol. The van der Waals surface area contributed by atoms with Gasteiger partial charge in [0.15, 0.2) is 10.9 Å². The number of hydrogen-bond donors (Lipinski definition) is 1. The van der Waals surface area contributed by atoms with Crippen LogP contribution in [0.25, 0.3) is 10.2 Å². The van der Waals surface area contributed by atoms with E-state index in [1.165, 1.54) is 11.3 Å². The molecule has 1 N–H and O–H groups in total. The summed E-state index contributed by atoms with van der Waals surface area (Å²) < 4.78 is 12.2. The standard InChI is InChI=1S/C20H15ClN2O3S/c1-12-2-8-16-18(10-12)27-20(22-16)23-19(24)17-9-7-15(26-17)11-25-14-5-3-13(21)4-6-14/h2-10H,11H2,1H3,(H,22,23,24). The van der Waals surface area contributed by atoms with Crippen molar-refractivity contribution in [3.63, 3.8) is 0 Å². The number of rotatable bonds is 5. The Labute approximate surface area is 164 Å². The molecular weight excluding hydrogens is 384 g/mol. The van der Waals surface area contributed by atoms with Crippen molar-refractivity contribution < 1.29 is 13.9 Å². The van der Waals surface area contributed by atoms with E-state index in [4.69, 9.17) is 20.8 Å². The van der Waals surface area contributed by atoms with Crippen molar-refractivity contribution in [1.29, 1.82) is 0 Å². The highest BCUT2D eigenvalue weighted by Gasteiger charge is 2.14. The van der Waals surface area contributed by atoms with E-state index in [0.29, 0.717) is 21.7 Å². The van der Waals surface area contributed by atoms with Crippen LogP contribution in [0, 0.1) is 6.92 Å². The minimum absolute atomic E-state index is 0.208. The van der Waals surface area contributed by atoms with Crippen molar-refractivity contribution in [2.24, 2.45) is 0 Å². The number of nitrogens with zero attached hydrogens (tertiary/aromatic N) is 1. The van der Waals surface area contributed by atoms with Crippen LogP contribution in [-0.4, -0.2) is 10.9 Å². The highest BCUT2D eigenvalue weighted by atomic mass is 35.5. The molecule has 0 aliphatic heterocycles. The number of carbonyl (C=O) groups is 1. The topological polar surface area (TPSA) is 64.4 Å². The van der Waals surface area contributed by atoms with Crippen LogP contribution in [0.15, 0.2) is 59.0 Å². The molecule has 0 unspecified atom stereocenters. The molecule has 0 aliphatic carbocycles. The lowest BCUT2D eigenvalue weighted by Crippen LogP contribution is -2.10. The first-order valence-corrected chi connectivity index (χ1v) is 9.42. The average Bonchev–Trinajstić information content (AvgIpc) is 3.27. The number of aryl methyl sites for hydroxylation is 1. The van der Waals surface area contributed by atoms with Crippen LogP contribution < -0.4 is 10.1 Å². The number of ether oxygens (including phenoxy) is 1. The summed E-state index contributed by atoms with van der Waals surface area (Å²) in [5.74, 6) is 1.09. The summed E-state index contributed by atoms with van der Waals surface area (Å²) in [7, 11) is 0. The molecule has 4 aromatic rings. The summed E-state index contributed by atoms with van der Waals surface area (Å²) in [6.45, 7) is 2.24. The summed E-state index contributed by atoms with van der Waals surface area (Å²) in [4.78, 5) is 16.8. The number of amides is 1. The number of carbonyl (C=O) groups excluding carboxylic acids is 1. The molecule has 0 aliphatic rings. The second-order valence-electron chi connectivity index (χ2n) is 5.95. The number of furan rings is 1. The number of halogens is 1. The molecule has 0 fully saturated rings. The van der Waals surface area contributed by atoms with Gasteiger partial charge in [-0.1, -0.05) is 29.0 Å². The van der Waals surface area contributed by atoms with Gasteiger partial charge in [-0.25, -0.2) is 4.98 Å². The van der Waals surface area contributed by atoms with Crippen LogP contribution in [0.1, 0.15) is 21.9 Å². The summed E-state index contributed by atoms with van der Waals surface area (Å²) in [5, 5.41) is 3.96. The molecule has 0 bridgehead atoms. The molecule has 2 aromatic carbocycles. The zero-order valence-electron chi connectivity index (χ0n) is 14.4. The van der Waals surface area contributed by atoms with Crippen molar-refractivity contribution in [3.8, 4) is 5.75 Å². The van der Waals surface area contributed by atoms with E-state index in [0.717, 1.165) is 15.8 Å². The van der Waals surface area contributed by atoms with E-state index >= 15 is 0 Å². The zero-order chi connectivity index (χ0) is 18.8. The van der Waals surface area contributed by atoms with Gasteiger partial charge in [0.25, 0.3) is 5.91 Å². The molecule has 0 radical (unpaired) electrons. The second kappa shape index (κ2) is 7.42. The third-order valence-electron chi connectivity index (χ3n) is 3.84. The van der Waals surface area contributed by atoms with Gasteiger partial charge >= 0.3 is 0 Å². The van der Waals surface area contributed by atoms with Crippen LogP contribution in [0.5, 0.6) is 5.75 Å². The maximum absolute atomic E-state index is 12.4. The van der Waals surface area contributed by atoms with Crippen molar-refractivity contribution in [2.75, 3.05) is 5.32 Å². The first kappa shape index (κ1) is 17.6. The summed E-state index contributed by atoms with van der Waals surface area (Å²) >= 11 is 7.27. The van der Waals surface area contributed by atoms with Gasteiger partial charge in [0.05, 0.1) is 10.2 Å². The molecule has 2 heterocycles. The molecule has 0 saturated carbocycles. The summed E-state index contributed by atoms with van der Waals surface area (Å²) in [6, 6.07) is 16.3. The van der Waals surface area contributed by atoms with E-state index in [2.05, 4.69) is 10.3 Å². The number of fused-ring (bicyclic) bond motifs is 1. The molecule has 7 heteroatoms. The predicted molar refractivity (Wildman–Crippen MR) is 107 cm³/mol. The molecule has 0 saturated heterocycles. The molecule has 136 valence electrons. The number of nitrogens with one attached hydrogen (secondary N) is 1. The molecule has 2 aromatic heterocycles. The van der Waals surface area contributed by atoms with E-state index in [9.17, 15) is 4.79 Å². The van der Waals surface area contributed by atoms with E-state index in [-0.39, 0.29) is 18.3 Å². The number of thiazole rings is 1. The molecule has 1 amide bonds. The van der Waals surface area contributed by atoms with Gasteiger partial charge in [-0.2, -0.15) is 0 Å². The lowest BCUT2D eigenvalue weighted by molar-refractivity contribution is 0.0992. The number of benzene rings is 2. The van der Waals surface area contributed by atoms with Gasteiger partial charge in [-0.15, -0.1) is 0 Å². The van der Waals surface area contributed by atoms with Gasteiger partial charge in [0, 0.05) is 5.02 Å². The minimum Gasteiger partial charge on any atom is -0.486 e. The van der Waals surface area contributed by atoms with Gasteiger partial charge in [0.1, 0.15) is 18.1 Å². The molecule has 27 heavy (non-hydrogen) atoms. The van der Waals surface area contributed by atoms with Crippen molar-refractivity contribution in [2.45, 2.75) is 13.5 Å². The lowest BCUT2D eigenvalue weighted by Gasteiger charge is -2.03. The van der Waals surface area contributed by atoms with Crippen LogP contribution >= 0.6 is 22.9 Å². The molecular formula is C20H15ClN2O3S. The molecule has 0 atom stereocenters. The maximum atomic E-state index is 12.4. The van der Waals surface area contributed by atoms with Crippen molar-refractivity contribution >= 4 is 44.2 Å². The van der Waals surface area contributed by atoms with Gasteiger partial charge in [-0.05, 0) is 61.0 Å². The Morgan fingerprint density at radius 2 is 2.00 bits per heavy atom. The van der Waals surface area contributed by atoms with Crippen LogP contribution in [-0.2, 0) is 6.61 Å². The predicted octanol–water partition coefficient (Wildman–Crippen LogP) is 5.68. The Hall–Kier alpha value is -2.83. The number of anilines is 1. The maximum Gasteiger partial charge on any atom is 0.293 e. The van der Waals surface area contributed by atoms with E-state index < -0.39 is 0 Å². The minimum atomic E-state index is -0.344. The normalized spacial score (nSPS) is 10.9. The summed E-state index contributed by atoms with van der Waals surface area (Å²) in [5.41, 5.74) is 2.01. The van der Waals surface area contributed by atoms with Gasteiger partial charge in [0.2, 0.25) is 0 Å². The Bertz CT molecular complexity index is 1100. The lowest BCUT2D eigenvalue weighted by atomic mass is 10.2. The Morgan fingerprint density at radius 1 is 1.19 bits per heavy atom. The van der Waals surface area contributed by atoms with Gasteiger partial charge in [-0.3, -0.25) is 10.1 Å². The SMILES string of the molecule is Cc1ccc2nc(NC(=O)c3ccc(COc4ccc(Cl)cc4)o3)sc2c1. The smallest absolute Gasteiger partial charge is 0.293 e. The fourth-order valence-corrected chi connectivity index (χ4v) is 3.59. The van der Waals surface area contributed by atoms with Crippen LogP contribution in [0.2, 0.25) is 5.02 Å². The number of hydrogen-bond acceptors (Lipinski definition) is 5. The van der Waals surface area contributed by atoms with Crippen LogP contribution in [0.3, 0.4) is 0 Å². The van der Waals surface area contributed by atoms with Crippen LogP contribution in [0.4, 0.5) is 5.13 Å². The Kier molecular flexibility index (Phi) is 4.83. The summed E-state index contributed by atoms with van der Waals surface area (Å²) in [6.07, 6.45) is 0. The molecule has 0 spiro atoms.